The van der Waals surface area contributed by atoms with E-state index in [1.807, 2.05) is 0 Å². The van der Waals surface area contributed by atoms with Crippen LogP contribution in [0, 0.1) is 19.8 Å². The third kappa shape index (κ3) is 4.82. The number of methoxy groups -OCH3 is 1. The Bertz CT molecular complexity index is 424. The summed E-state index contributed by atoms with van der Waals surface area (Å²) in [5.41, 5.74) is 4.34. The first kappa shape index (κ1) is 16.5. The van der Waals surface area contributed by atoms with Gasteiger partial charge in [-0.1, -0.05) is 37.5 Å². The van der Waals surface area contributed by atoms with Crippen LogP contribution >= 0.6 is 0 Å². The van der Waals surface area contributed by atoms with E-state index < -0.39 is 0 Å². The van der Waals surface area contributed by atoms with Crippen LogP contribution in [-0.2, 0) is 4.74 Å². The standard InChI is InChI=1S/C19H31NO/c1-15-9-10-18(13-16(15)2)19(14-20-11-12-21-3)17-7-5-4-6-8-17/h9-10,13,17,19-20H,4-8,11-12,14H2,1-3H3. The van der Waals surface area contributed by atoms with Crippen LogP contribution in [0.5, 0.6) is 0 Å². The Labute approximate surface area is 130 Å². The van der Waals surface area contributed by atoms with Crippen molar-refractivity contribution in [3.8, 4) is 0 Å². The van der Waals surface area contributed by atoms with Crippen LogP contribution < -0.4 is 5.32 Å². The second kappa shape index (κ2) is 8.55. The first-order valence-electron chi connectivity index (χ1n) is 8.49. The highest BCUT2D eigenvalue weighted by Gasteiger charge is 2.24. The number of nitrogens with one attached hydrogen (secondary N) is 1. The largest absolute Gasteiger partial charge is 0.383 e. The molecular formula is C19H31NO. The van der Waals surface area contributed by atoms with Crippen molar-refractivity contribution in [2.45, 2.75) is 51.9 Å². The third-order valence-corrected chi connectivity index (χ3v) is 5.03. The zero-order valence-electron chi connectivity index (χ0n) is 14.0. The van der Waals surface area contributed by atoms with Gasteiger partial charge in [0.15, 0.2) is 0 Å². The second-order valence-corrected chi connectivity index (χ2v) is 6.55. The molecule has 2 rings (SSSR count). The number of benzene rings is 1. The molecule has 0 heterocycles. The van der Waals surface area contributed by atoms with Crippen LogP contribution in [0.1, 0.15) is 54.7 Å². The predicted molar refractivity (Wildman–Crippen MR) is 90.0 cm³/mol. The molecule has 2 heteroatoms. The summed E-state index contributed by atoms with van der Waals surface area (Å²) in [6, 6.07) is 7.04. The van der Waals surface area contributed by atoms with Gasteiger partial charge in [-0.15, -0.1) is 0 Å². The van der Waals surface area contributed by atoms with Crippen molar-refractivity contribution in [2.75, 3.05) is 26.8 Å². The summed E-state index contributed by atoms with van der Waals surface area (Å²) in [5.74, 6) is 1.50. The molecule has 1 atom stereocenters. The average molecular weight is 289 g/mol. The second-order valence-electron chi connectivity index (χ2n) is 6.55. The van der Waals surface area contributed by atoms with Gasteiger partial charge in [0, 0.05) is 20.2 Å². The lowest BCUT2D eigenvalue weighted by atomic mass is 9.76. The number of hydrogen-bond acceptors (Lipinski definition) is 2. The quantitative estimate of drug-likeness (QED) is 0.759. The van der Waals surface area contributed by atoms with E-state index in [1.165, 1.54) is 48.8 Å². The molecule has 0 amide bonds. The maximum atomic E-state index is 5.15. The van der Waals surface area contributed by atoms with Crippen molar-refractivity contribution in [2.24, 2.45) is 5.92 Å². The van der Waals surface area contributed by atoms with Gasteiger partial charge >= 0.3 is 0 Å². The molecule has 0 spiro atoms. The van der Waals surface area contributed by atoms with E-state index in [4.69, 9.17) is 4.74 Å². The summed E-state index contributed by atoms with van der Waals surface area (Å²) in [7, 11) is 1.77. The van der Waals surface area contributed by atoms with E-state index in [-0.39, 0.29) is 0 Å². The molecule has 1 aliphatic carbocycles. The molecule has 1 fully saturated rings. The Morgan fingerprint density at radius 3 is 2.57 bits per heavy atom. The molecule has 0 radical (unpaired) electrons. The fourth-order valence-corrected chi connectivity index (χ4v) is 3.52. The van der Waals surface area contributed by atoms with Crippen LogP contribution in [0.25, 0.3) is 0 Å². The lowest BCUT2D eigenvalue weighted by Gasteiger charge is -2.31. The molecule has 0 saturated heterocycles. The Hall–Kier alpha value is -0.860. The van der Waals surface area contributed by atoms with E-state index in [1.54, 1.807) is 7.11 Å². The monoisotopic (exact) mass is 289 g/mol. The van der Waals surface area contributed by atoms with E-state index >= 15 is 0 Å². The van der Waals surface area contributed by atoms with Crippen LogP contribution in [0.4, 0.5) is 0 Å². The zero-order valence-corrected chi connectivity index (χ0v) is 14.0. The van der Waals surface area contributed by atoms with Gasteiger partial charge in [0.25, 0.3) is 0 Å². The molecule has 1 saturated carbocycles. The summed E-state index contributed by atoms with van der Waals surface area (Å²) in [6.07, 6.45) is 7.02. The maximum absolute atomic E-state index is 5.15. The highest BCUT2D eigenvalue weighted by Crippen LogP contribution is 2.36. The summed E-state index contributed by atoms with van der Waals surface area (Å²) in [5, 5.41) is 3.59. The molecular weight excluding hydrogens is 258 g/mol. The van der Waals surface area contributed by atoms with Crippen LogP contribution in [0.15, 0.2) is 18.2 Å². The Kier molecular flexibility index (Phi) is 6.72. The van der Waals surface area contributed by atoms with Crippen LogP contribution in [-0.4, -0.2) is 26.8 Å². The predicted octanol–water partition coefficient (Wildman–Crippen LogP) is 4.20. The average Bonchev–Trinajstić information content (AvgIpc) is 2.51. The normalized spacial score (nSPS) is 17.9. The van der Waals surface area contributed by atoms with Crippen molar-refractivity contribution >= 4 is 0 Å². The van der Waals surface area contributed by atoms with Crippen LogP contribution in [0.2, 0.25) is 0 Å². The lowest BCUT2D eigenvalue weighted by molar-refractivity contribution is 0.196. The fraction of sp³-hybridized carbons (Fsp3) is 0.684. The fourth-order valence-electron chi connectivity index (χ4n) is 3.52. The van der Waals surface area contributed by atoms with E-state index in [0.717, 1.165) is 25.6 Å². The maximum Gasteiger partial charge on any atom is 0.0587 e. The summed E-state index contributed by atoms with van der Waals surface area (Å²) in [4.78, 5) is 0. The van der Waals surface area contributed by atoms with Gasteiger partial charge in [0.2, 0.25) is 0 Å². The van der Waals surface area contributed by atoms with Gasteiger partial charge in [-0.05, 0) is 55.2 Å². The molecule has 2 nitrogen and oxygen atoms in total. The molecule has 0 bridgehead atoms. The van der Waals surface area contributed by atoms with E-state index in [2.05, 4.69) is 37.4 Å². The molecule has 1 aliphatic rings. The lowest BCUT2D eigenvalue weighted by Crippen LogP contribution is -2.30. The highest BCUT2D eigenvalue weighted by atomic mass is 16.5. The van der Waals surface area contributed by atoms with Gasteiger partial charge < -0.3 is 10.1 Å². The molecule has 21 heavy (non-hydrogen) atoms. The summed E-state index contributed by atoms with van der Waals surface area (Å²) in [6.45, 7) is 7.26. The molecule has 0 aromatic heterocycles. The van der Waals surface area contributed by atoms with Crippen molar-refractivity contribution in [1.29, 1.82) is 0 Å². The molecule has 1 aromatic rings. The Balaban J connectivity index is 2.07. The Morgan fingerprint density at radius 1 is 1.14 bits per heavy atom. The van der Waals surface area contributed by atoms with Crippen molar-refractivity contribution < 1.29 is 4.74 Å². The summed E-state index contributed by atoms with van der Waals surface area (Å²) < 4.78 is 5.15. The van der Waals surface area contributed by atoms with Crippen molar-refractivity contribution in [3.05, 3.63) is 34.9 Å². The van der Waals surface area contributed by atoms with E-state index in [0.29, 0.717) is 5.92 Å². The minimum absolute atomic E-state index is 0.654. The third-order valence-electron chi connectivity index (χ3n) is 5.03. The van der Waals surface area contributed by atoms with E-state index in [9.17, 15) is 0 Å². The van der Waals surface area contributed by atoms with Crippen LogP contribution in [0.3, 0.4) is 0 Å². The summed E-state index contributed by atoms with van der Waals surface area (Å²) >= 11 is 0. The van der Waals surface area contributed by atoms with Crippen molar-refractivity contribution in [3.63, 3.8) is 0 Å². The molecule has 0 aliphatic heterocycles. The molecule has 1 aromatic carbocycles. The van der Waals surface area contributed by atoms with Gasteiger partial charge in [-0.2, -0.15) is 0 Å². The number of rotatable bonds is 7. The topological polar surface area (TPSA) is 21.3 Å². The molecule has 1 N–H and O–H groups in total. The number of aryl methyl sites for hydroxylation is 2. The number of hydrogen-bond donors (Lipinski definition) is 1. The minimum atomic E-state index is 0.654. The zero-order chi connectivity index (χ0) is 15.1. The van der Waals surface area contributed by atoms with Crippen molar-refractivity contribution in [1.82, 2.24) is 5.32 Å². The first-order chi connectivity index (χ1) is 10.2. The minimum Gasteiger partial charge on any atom is -0.383 e. The Morgan fingerprint density at radius 2 is 1.90 bits per heavy atom. The highest BCUT2D eigenvalue weighted by molar-refractivity contribution is 5.32. The number of ether oxygens (including phenoxy) is 1. The van der Waals surface area contributed by atoms with Gasteiger partial charge in [0.05, 0.1) is 6.61 Å². The molecule has 1 unspecified atom stereocenters. The van der Waals surface area contributed by atoms with Gasteiger partial charge in [0.1, 0.15) is 0 Å². The smallest absolute Gasteiger partial charge is 0.0587 e. The van der Waals surface area contributed by atoms with Gasteiger partial charge in [-0.3, -0.25) is 0 Å². The van der Waals surface area contributed by atoms with Gasteiger partial charge in [-0.25, -0.2) is 0 Å². The first-order valence-corrected chi connectivity index (χ1v) is 8.49. The molecule has 118 valence electrons. The SMILES string of the molecule is COCCNCC(c1ccc(C)c(C)c1)C1CCCCC1.